The Morgan fingerprint density at radius 2 is 0.923 bits per heavy atom. The predicted molar refractivity (Wildman–Crippen MR) is 219 cm³/mol. The molecular weight excluding hydrogens is 697 g/mol. The van der Waals surface area contributed by atoms with Gasteiger partial charge < -0.3 is 20.1 Å². The van der Waals surface area contributed by atoms with Crippen molar-refractivity contribution in [1.82, 2.24) is 0 Å². The van der Waals surface area contributed by atoms with Crippen molar-refractivity contribution in [3.8, 4) is 0 Å². The Morgan fingerprint density at radius 3 is 1.31 bits per heavy atom. The van der Waals surface area contributed by atoms with Crippen LogP contribution < -0.4 is 5.73 Å². The van der Waals surface area contributed by atoms with Crippen LogP contribution in [0.2, 0.25) is 0 Å². The summed E-state index contributed by atoms with van der Waals surface area (Å²) in [6.07, 6.45) is 36.6. The molecule has 0 aliphatic carbocycles. The Kier molecular flexibility index (Phi) is 39.5. The molecule has 1 unspecified atom stereocenters. The Balaban J connectivity index is 4.09. The van der Waals surface area contributed by atoms with Crippen LogP contribution in [-0.2, 0) is 32.7 Å². The number of hydrogen-bond acceptors (Lipinski definition) is 9. The lowest BCUT2D eigenvalue weighted by molar-refractivity contribution is -0.161. The van der Waals surface area contributed by atoms with Crippen LogP contribution in [0, 0.1) is 0 Å². The van der Waals surface area contributed by atoms with Gasteiger partial charge in [-0.3, -0.25) is 18.6 Å². The maximum Gasteiger partial charge on any atom is 0.472 e. The van der Waals surface area contributed by atoms with E-state index in [-0.39, 0.29) is 38.6 Å². The summed E-state index contributed by atoms with van der Waals surface area (Å²) in [5.41, 5.74) is 5.35. The summed E-state index contributed by atoms with van der Waals surface area (Å²) in [5, 5.41) is 0. The fourth-order valence-electron chi connectivity index (χ4n) is 6.32. The maximum atomic E-state index is 12.6. The molecule has 0 aromatic carbocycles. The lowest BCUT2D eigenvalue weighted by Crippen LogP contribution is -2.29. The topological polar surface area (TPSA) is 134 Å². The highest BCUT2D eigenvalue weighted by molar-refractivity contribution is 7.80. The first-order valence-electron chi connectivity index (χ1n) is 21.6. The van der Waals surface area contributed by atoms with E-state index in [1.807, 2.05) is 0 Å². The van der Waals surface area contributed by atoms with Gasteiger partial charge in [0.15, 0.2) is 6.10 Å². The normalized spacial score (nSPS) is 13.2. The minimum absolute atomic E-state index is 0.0565. The average molecular weight is 780 g/mol. The molecule has 0 spiro atoms. The summed E-state index contributed by atoms with van der Waals surface area (Å²) in [4.78, 5) is 34.8. The molecule has 0 amide bonds. The molecule has 0 radical (unpaired) electrons. The number of unbranched alkanes of at least 4 members (excludes halogenated alkanes) is 28. The van der Waals surface area contributed by atoms with Crippen LogP contribution in [-0.4, -0.2) is 55.1 Å². The summed E-state index contributed by atoms with van der Waals surface area (Å²) in [6, 6.07) is 0. The molecule has 0 aromatic heterocycles. The zero-order valence-corrected chi connectivity index (χ0v) is 35.3. The smallest absolute Gasteiger partial charge is 0.462 e. The summed E-state index contributed by atoms with van der Waals surface area (Å²) in [5.74, 6) is 0.192. The summed E-state index contributed by atoms with van der Waals surface area (Å²) in [6.45, 7) is 1.50. The first kappa shape index (κ1) is 51.4. The molecule has 52 heavy (non-hydrogen) atoms. The quantitative estimate of drug-likeness (QED) is 0.0239. The Hall–Kier alpha value is -0.640. The van der Waals surface area contributed by atoms with Gasteiger partial charge in [-0.05, 0) is 25.0 Å². The highest BCUT2D eigenvalue weighted by Crippen LogP contribution is 2.43. The van der Waals surface area contributed by atoms with Gasteiger partial charge in [0.25, 0.3) is 0 Å². The molecule has 0 saturated heterocycles. The Morgan fingerprint density at radius 1 is 0.558 bits per heavy atom. The van der Waals surface area contributed by atoms with Crippen molar-refractivity contribution in [2.24, 2.45) is 5.73 Å². The van der Waals surface area contributed by atoms with Crippen molar-refractivity contribution in [2.45, 2.75) is 218 Å². The molecule has 3 N–H and O–H groups in total. The molecule has 9 nitrogen and oxygen atoms in total. The molecule has 2 atom stereocenters. The fraction of sp³-hybridized carbons (Fsp3) is 0.951. The lowest BCUT2D eigenvalue weighted by Gasteiger charge is -2.19. The van der Waals surface area contributed by atoms with E-state index in [9.17, 15) is 19.0 Å². The molecule has 0 rings (SSSR count). The minimum Gasteiger partial charge on any atom is -0.462 e. The molecule has 0 saturated carbocycles. The molecule has 0 heterocycles. The number of hydrogen-bond donors (Lipinski definition) is 3. The molecule has 310 valence electrons. The number of nitrogens with two attached hydrogens (primary N) is 1. The molecular formula is C41H82NO8PS. The third-order valence-electron chi connectivity index (χ3n) is 9.55. The van der Waals surface area contributed by atoms with Crippen LogP contribution in [0.25, 0.3) is 0 Å². The monoisotopic (exact) mass is 780 g/mol. The van der Waals surface area contributed by atoms with Crippen LogP contribution >= 0.6 is 20.5 Å². The van der Waals surface area contributed by atoms with E-state index in [2.05, 4.69) is 19.6 Å². The van der Waals surface area contributed by atoms with Gasteiger partial charge in [0, 0.05) is 19.4 Å². The van der Waals surface area contributed by atoms with Crippen molar-refractivity contribution in [2.75, 3.05) is 32.1 Å². The summed E-state index contributed by atoms with van der Waals surface area (Å²) >= 11 is 4.27. The number of thiol groups is 1. The number of phosphoric acid groups is 1. The zero-order valence-electron chi connectivity index (χ0n) is 33.5. The second kappa shape index (κ2) is 40.0. The largest absolute Gasteiger partial charge is 0.472 e. The molecule has 0 bridgehead atoms. The van der Waals surface area contributed by atoms with Gasteiger partial charge in [0.1, 0.15) is 6.61 Å². The van der Waals surface area contributed by atoms with Crippen LogP contribution in [0.3, 0.4) is 0 Å². The third-order valence-corrected chi connectivity index (χ3v) is 10.8. The van der Waals surface area contributed by atoms with E-state index in [1.54, 1.807) is 0 Å². The summed E-state index contributed by atoms with van der Waals surface area (Å²) < 4.78 is 32.8. The van der Waals surface area contributed by atoms with Gasteiger partial charge in [-0.15, -0.1) is 0 Å². The van der Waals surface area contributed by atoms with Gasteiger partial charge in [-0.2, -0.15) is 12.6 Å². The highest BCUT2D eigenvalue weighted by Gasteiger charge is 2.26. The number of ether oxygens (including phenoxy) is 2. The van der Waals surface area contributed by atoms with Crippen LogP contribution in [0.4, 0.5) is 0 Å². The first-order valence-corrected chi connectivity index (χ1v) is 23.7. The van der Waals surface area contributed by atoms with E-state index in [1.165, 1.54) is 154 Å². The zero-order chi connectivity index (χ0) is 38.2. The SMILES string of the molecule is CCCCCCCCCCCCCCCCCC(=O)O[C@H](COC(=O)CCCCCCCCCCCCCCCCCS)COP(=O)(O)OCCN. The van der Waals surface area contributed by atoms with Gasteiger partial charge in [0.2, 0.25) is 0 Å². The molecule has 0 fully saturated rings. The minimum atomic E-state index is -4.37. The van der Waals surface area contributed by atoms with Crippen molar-refractivity contribution in [3.63, 3.8) is 0 Å². The molecule has 0 aromatic rings. The Labute approximate surface area is 325 Å². The Bertz CT molecular complexity index is 837. The lowest BCUT2D eigenvalue weighted by atomic mass is 10.0. The van der Waals surface area contributed by atoms with E-state index >= 15 is 0 Å². The van der Waals surface area contributed by atoms with Gasteiger partial charge >= 0.3 is 19.8 Å². The molecule has 11 heteroatoms. The molecule has 0 aliphatic heterocycles. The van der Waals surface area contributed by atoms with Crippen molar-refractivity contribution in [3.05, 3.63) is 0 Å². The van der Waals surface area contributed by atoms with Crippen LogP contribution in [0.1, 0.15) is 212 Å². The van der Waals surface area contributed by atoms with Crippen LogP contribution in [0.15, 0.2) is 0 Å². The highest BCUT2D eigenvalue weighted by atomic mass is 32.1. The second-order valence-corrected chi connectivity index (χ2v) is 16.6. The van der Waals surface area contributed by atoms with Crippen molar-refractivity contribution >= 4 is 32.4 Å². The number of carbonyl (C=O) groups is 2. The van der Waals surface area contributed by atoms with Crippen molar-refractivity contribution < 1.29 is 37.6 Å². The van der Waals surface area contributed by atoms with Crippen molar-refractivity contribution in [1.29, 1.82) is 0 Å². The predicted octanol–water partition coefficient (Wildman–Crippen LogP) is 12.0. The number of phosphoric ester groups is 1. The standard InChI is InChI=1S/C41H82NO8PS/c1-2-3-4-5-6-7-8-9-11-15-18-21-24-27-30-33-41(44)50-39(38-49-51(45,46)48-35-34-42)37-47-40(43)32-29-26-23-20-17-14-12-10-13-16-19-22-25-28-31-36-52/h39,52H,2-38,42H2,1H3,(H,45,46)/t39-/m1/s1. The molecule has 0 aliphatic rings. The number of carbonyl (C=O) groups excluding carboxylic acids is 2. The third kappa shape index (κ3) is 39.1. The summed E-state index contributed by atoms with van der Waals surface area (Å²) in [7, 11) is -4.37. The fourth-order valence-corrected chi connectivity index (χ4v) is 7.31. The second-order valence-electron chi connectivity index (χ2n) is 14.7. The van der Waals surface area contributed by atoms with E-state index in [0.29, 0.717) is 6.42 Å². The maximum absolute atomic E-state index is 12.6. The van der Waals surface area contributed by atoms with E-state index in [0.717, 1.165) is 37.9 Å². The van der Waals surface area contributed by atoms with E-state index < -0.39 is 26.5 Å². The van der Waals surface area contributed by atoms with Crippen LogP contribution in [0.5, 0.6) is 0 Å². The average Bonchev–Trinajstić information content (AvgIpc) is 3.13. The number of esters is 2. The first-order chi connectivity index (χ1) is 25.3. The number of rotatable bonds is 42. The van der Waals surface area contributed by atoms with Gasteiger partial charge in [-0.1, -0.05) is 180 Å². The van der Waals surface area contributed by atoms with Gasteiger partial charge in [0.05, 0.1) is 13.2 Å². The van der Waals surface area contributed by atoms with E-state index in [4.69, 9.17) is 24.3 Å². The van der Waals surface area contributed by atoms with Gasteiger partial charge in [-0.25, -0.2) is 4.57 Å².